The molecule has 124 valence electrons. The lowest BCUT2D eigenvalue weighted by Crippen LogP contribution is -2.25. The second-order valence-electron chi connectivity index (χ2n) is 5.43. The van der Waals surface area contributed by atoms with Crippen LogP contribution in [0.2, 0.25) is 0 Å². The van der Waals surface area contributed by atoms with Gasteiger partial charge in [0, 0.05) is 18.5 Å². The van der Waals surface area contributed by atoms with Crippen molar-refractivity contribution in [1.29, 1.82) is 0 Å². The first-order valence-corrected chi connectivity index (χ1v) is 8.05. The Morgan fingerprint density at radius 1 is 1.22 bits per heavy atom. The molecule has 0 spiro atoms. The van der Waals surface area contributed by atoms with Crippen molar-refractivity contribution in [2.75, 3.05) is 7.05 Å². The van der Waals surface area contributed by atoms with Crippen LogP contribution in [-0.4, -0.2) is 17.9 Å². The third kappa shape index (κ3) is 4.13. The van der Waals surface area contributed by atoms with Gasteiger partial charge in [-0.05, 0) is 42.7 Å². The number of thiophene rings is 1. The van der Waals surface area contributed by atoms with Crippen LogP contribution in [0.4, 0.5) is 13.2 Å². The fourth-order valence-corrected chi connectivity index (χ4v) is 3.42. The maximum atomic E-state index is 12.5. The molecule has 0 N–H and O–H groups in total. The smallest absolute Gasteiger partial charge is 0.337 e. The molecule has 0 aliphatic heterocycles. The highest BCUT2D eigenvalue weighted by Crippen LogP contribution is 2.29. The second kappa shape index (κ2) is 6.74. The molecule has 0 aliphatic carbocycles. The largest absolute Gasteiger partial charge is 0.416 e. The van der Waals surface area contributed by atoms with Crippen molar-refractivity contribution in [2.24, 2.45) is 0 Å². The SMILES string of the molecule is CCc1sc(C(=O)N(C)Cc2ccc(C(F)(F)F)cc2)cc1C. The molecule has 6 heteroatoms. The second-order valence-corrected chi connectivity index (χ2v) is 6.56. The van der Waals surface area contributed by atoms with Crippen LogP contribution in [0.5, 0.6) is 0 Å². The maximum absolute atomic E-state index is 12.5. The Hall–Kier alpha value is -1.82. The molecule has 0 aliphatic rings. The van der Waals surface area contributed by atoms with Crippen LogP contribution in [0.3, 0.4) is 0 Å². The zero-order valence-electron chi connectivity index (χ0n) is 13.2. The van der Waals surface area contributed by atoms with E-state index in [1.165, 1.54) is 33.2 Å². The van der Waals surface area contributed by atoms with Gasteiger partial charge in [0.25, 0.3) is 5.91 Å². The lowest BCUT2D eigenvalue weighted by molar-refractivity contribution is -0.137. The average molecular weight is 341 g/mol. The van der Waals surface area contributed by atoms with Crippen molar-refractivity contribution < 1.29 is 18.0 Å². The first-order valence-electron chi connectivity index (χ1n) is 7.23. The summed E-state index contributed by atoms with van der Waals surface area (Å²) >= 11 is 1.47. The van der Waals surface area contributed by atoms with Crippen molar-refractivity contribution in [2.45, 2.75) is 33.0 Å². The summed E-state index contributed by atoms with van der Waals surface area (Å²) in [5, 5.41) is 0. The number of benzene rings is 1. The van der Waals surface area contributed by atoms with E-state index in [4.69, 9.17) is 0 Å². The summed E-state index contributed by atoms with van der Waals surface area (Å²) in [4.78, 5) is 15.8. The number of nitrogens with zero attached hydrogens (tertiary/aromatic N) is 1. The van der Waals surface area contributed by atoms with Gasteiger partial charge < -0.3 is 4.90 Å². The lowest BCUT2D eigenvalue weighted by atomic mass is 10.1. The molecule has 0 atom stereocenters. The quantitative estimate of drug-likeness (QED) is 0.774. The minimum Gasteiger partial charge on any atom is -0.337 e. The fourth-order valence-electron chi connectivity index (χ4n) is 2.31. The summed E-state index contributed by atoms with van der Waals surface area (Å²) in [6, 6.07) is 6.76. The standard InChI is InChI=1S/C17H18F3NOS/c1-4-14-11(2)9-15(23-14)16(22)21(3)10-12-5-7-13(8-6-12)17(18,19)20/h5-9H,4,10H2,1-3H3. The molecule has 0 unspecified atom stereocenters. The molecule has 0 saturated carbocycles. The lowest BCUT2D eigenvalue weighted by Gasteiger charge is -2.17. The highest BCUT2D eigenvalue weighted by Gasteiger charge is 2.30. The molecule has 0 saturated heterocycles. The number of halogens is 3. The minimum atomic E-state index is -4.34. The van der Waals surface area contributed by atoms with Crippen LogP contribution in [0.25, 0.3) is 0 Å². The normalized spacial score (nSPS) is 11.6. The van der Waals surface area contributed by atoms with Gasteiger partial charge in [0.2, 0.25) is 0 Å². The zero-order chi connectivity index (χ0) is 17.2. The monoisotopic (exact) mass is 341 g/mol. The molecule has 0 bridgehead atoms. The Labute approximate surface area is 137 Å². The first kappa shape index (κ1) is 17.5. The molecule has 1 aromatic carbocycles. The first-order chi connectivity index (χ1) is 10.7. The number of hydrogen-bond acceptors (Lipinski definition) is 2. The van der Waals surface area contributed by atoms with Gasteiger partial charge >= 0.3 is 6.18 Å². The molecule has 0 radical (unpaired) electrons. The van der Waals surface area contributed by atoms with Gasteiger partial charge in [-0.3, -0.25) is 4.79 Å². The fraction of sp³-hybridized carbons (Fsp3) is 0.353. The number of hydrogen-bond donors (Lipinski definition) is 0. The predicted octanol–water partition coefficient (Wildman–Crippen LogP) is 4.91. The number of rotatable bonds is 4. The van der Waals surface area contributed by atoms with E-state index >= 15 is 0 Å². The summed E-state index contributed by atoms with van der Waals surface area (Å²) in [7, 11) is 1.65. The van der Waals surface area contributed by atoms with E-state index in [9.17, 15) is 18.0 Å². The Kier molecular flexibility index (Phi) is 5.14. The van der Waals surface area contributed by atoms with Crippen LogP contribution < -0.4 is 0 Å². The van der Waals surface area contributed by atoms with Crippen LogP contribution in [0.15, 0.2) is 30.3 Å². The molecule has 2 rings (SSSR count). The van der Waals surface area contributed by atoms with E-state index in [1.54, 1.807) is 7.05 Å². The summed E-state index contributed by atoms with van der Waals surface area (Å²) in [5.74, 6) is -0.113. The topological polar surface area (TPSA) is 20.3 Å². The summed E-state index contributed by atoms with van der Waals surface area (Å²) in [6.07, 6.45) is -3.46. The molecular formula is C17H18F3NOS. The van der Waals surface area contributed by atoms with Crippen molar-refractivity contribution in [3.63, 3.8) is 0 Å². The number of amides is 1. The molecule has 0 fully saturated rings. The maximum Gasteiger partial charge on any atom is 0.416 e. The summed E-state index contributed by atoms with van der Waals surface area (Å²) < 4.78 is 37.6. The number of aryl methyl sites for hydroxylation is 2. The van der Waals surface area contributed by atoms with Gasteiger partial charge in [-0.25, -0.2) is 0 Å². The summed E-state index contributed by atoms with van der Waals surface area (Å²) in [5.41, 5.74) is 1.08. The van der Waals surface area contributed by atoms with Gasteiger partial charge in [-0.15, -0.1) is 11.3 Å². The van der Waals surface area contributed by atoms with Crippen molar-refractivity contribution >= 4 is 17.2 Å². The average Bonchev–Trinajstić information content (AvgIpc) is 2.87. The number of alkyl halides is 3. The van der Waals surface area contributed by atoms with Gasteiger partial charge in [0.15, 0.2) is 0 Å². The van der Waals surface area contributed by atoms with Gasteiger partial charge in [-0.1, -0.05) is 19.1 Å². The van der Waals surface area contributed by atoms with Crippen LogP contribution in [0.1, 0.15) is 38.2 Å². The number of carbonyl (C=O) groups is 1. The Bertz CT molecular complexity index is 689. The third-order valence-electron chi connectivity index (χ3n) is 3.60. The third-order valence-corrected chi connectivity index (χ3v) is 4.97. The Morgan fingerprint density at radius 3 is 2.30 bits per heavy atom. The molecule has 1 aromatic heterocycles. The summed E-state index contributed by atoms with van der Waals surface area (Å²) in [6.45, 7) is 4.29. The molecule has 1 amide bonds. The Morgan fingerprint density at radius 2 is 1.83 bits per heavy atom. The predicted molar refractivity (Wildman–Crippen MR) is 85.7 cm³/mol. The highest BCUT2D eigenvalue weighted by molar-refractivity contribution is 7.14. The van der Waals surface area contributed by atoms with Gasteiger partial charge in [0.1, 0.15) is 0 Å². The minimum absolute atomic E-state index is 0.113. The molecule has 2 nitrogen and oxygen atoms in total. The van der Waals surface area contributed by atoms with E-state index in [0.29, 0.717) is 10.4 Å². The van der Waals surface area contributed by atoms with E-state index in [0.717, 1.165) is 24.1 Å². The molecule has 23 heavy (non-hydrogen) atoms. The molecular weight excluding hydrogens is 323 g/mol. The van der Waals surface area contributed by atoms with Gasteiger partial charge in [-0.2, -0.15) is 13.2 Å². The molecule has 1 heterocycles. The Balaban J connectivity index is 2.08. The van der Waals surface area contributed by atoms with E-state index in [1.807, 2.05) is 19.9 Å². The van der Waals surface area contributed by atoms with E-state index < -0.39 is 11.7 Å². The number of carbonyl (C=O) groups excluding carboxylic acids is 1. The van der Waals surface area contributed by atoms with Gasteiger partial charge in [0.05, 0.1) is 10.4 Å². The zero-order valence-corrected chi connectivity index (χ0v) is 14.0. The van der Waals surface area contributed by atoms with Crippen molar-refractivity contribution in [1.82, 2.24) is 4.90 Å². The molecule has 2 aromatic rings. The van der Waals surface area contributed by atoms with Crippen molar-refractivity contribution in [3.8, 4) is 0 Å². The van der Waals surface area contributed by atoms with Crippen LogP contribution >= 0.6 is 11.3 Å². The van der Waals surface area contributed by atoms with E-state index in [2.05, 4.69) is 0 Å². The van der Waals surface area contributed by atoms with Crippen molar-refractivity contribution in [3.05, 3.63) is 56.8 Å². The van der Waals surface area contributed by atoms with E-state index in [-0.39, 0.29) is 12.5 Å². The van der Waals surface area contributed by atoms with Crippen LogP contribution in [-0.2, 0) is 19.1 Å². The van der Waals surface area contributed by atoms with Crippen LogP contribution in [0, 0.1) is 6.92 Å². The highest BCUT2D eigenvalue weighted by atomic mass is 32.1.